The summed E-state index contributed by atoms with van der Waals surface area (Å²) in [5.74, 6) is -1.36. The number of β-lactam (4-membered cyclic amide) rings is 1. The number of thiazole rings is 1. The second-order valence-corrected chi connectivity index (χ2v) is 8.94. The van der Waals surface area contributed by atoms with E-state index < -0.39 is 29.2 Å². The van der Waals surface area contributed by atoms with Gasteiger partial charge in [-0.15, -0.1) is 23.1 Å². The summed E-state index contributed by atoms with van der Waals surface area (Å²) < 4.78 is 0. The SMILES string of the molecule is Nc1nc(/C(=C/C2CCCC2)C([O-])=N[C@@H]2C(=O)N3C(C(=O)O)=CCS[C@H]23)cs1.[Na+]. The van der Waals surface area contributed by atoms with Crippen LogP contribution in [0, 0.1) is 5.92 Å². The van der Waals surface area contributed by atoms with Gasteiger partial charge in [-0.3, -0.25) is 14.7 Å². The molecule has 2 atom stereocenters. The zero-order valence-corrected chi connectivity index (χ0v) is 19.5. The fraction of sp³-hybridized carbons (Fsp3) is 0.444. The molecule has 0 aromatic carbocycles. The molecule has 1 amide bonds. The third-order valence-corrected chi connectivity index (χ3v) is 6.97. The largest absolute Gasteiger partial charge is 1.00 e. The molecule has 1 aromatic rings. The number of fused-ring (bicyclic) bond motifs is 1. The third kappa shape index (κ3) is 4.41. The van der Waals surface area contributed by atoms with E-state index in [0.29, 0.717) is 22.2 Å². The molecule has 2 aliphatic heterocycles. The van der Waals surface area contributed by atoms with Crippen molar-refractivity contribution >= 4 is 51.6 Å². The van der Waals surface area contributed by atoms with E-state index >= 15 is 0 Å². The summed E-state index contributed by atoms with van der Waals surface area (Å²) in [6, 6.07) is -0.872. The summed E-state index contributed by atoms with van der Waals surface area (Å²) in [7, 11) is 0. The molecular formula is C18H19N4NaO4S2. The van der Waals surface area contributed by atoms with Crippen molar-refractivity contribution in [2.75, 3.05) is 11.5 Å². The first-order valence-electron chi connectivity index (χ1n) is 9.02. The normalized spacial score (nSPS) is 25.2. The number of thioether (sulfide) groups is 1. The van der Waals surface area contributed by atoms with E-state index in [1.807, 2.05) is 6.08 Å². The molecule has 0 spiro atoms. The van der Waals surface area contributed by atoms with Gasteiger partial charge in [0.1, 0.15) is 11.1 Å². The molecule has 0 radical (unpaired) electrons. The Kier molecular flexibility index (Phi) is 7.10. The van der Waals surface area contributed by atoms with E-state index in [1.54, 1.807) is 5.38 Å². The number of carbonyl (C=O) groups is 2. The Morgan fingerprint density at radius 3 is 2.76 bits per heavy atom. The van der Waals surface area contributed by atoms with Gasteiger partial charge < -0.3 is 15.9 Å². The van der Waals surface area contributed by atoms with Crippen LogP contribution in [0.5, 0.6) is 0 Å². The number of allylic oxidation sites excluding steroid dienone is 1. The quantitative estimate of drug-likeness (QED) is 0.241. The van der Waals surface area contributed by atoms with E-state index in [2.05, 4.69) is 9.98 Å². The van der Waals surface area contributed by atoms with Gasteiger partial charge in [-0.05, 0) is 30.7 Å². The maximum atomic E-state index is 13.0. The molecule has 11 heteroatoms. The minimum absolute atomic E-state index is 0. The van der Waals surface area contributed by atoms with Crippen molar-refractivity contribution in [1.82, 2.24) is 9.88 Å². The Balaban J connectivity index is 0.00000240. The Bertz CT molecular complexity index is 907. The summed E-state index contributed by atoms with van der Waals surface area (Å²) >= 11 is 2.65. The maximum Gasteiger partial charge on any atom is 1.00 e. The number of anilines is 1. The van der Waals surface area contributed by atoms with Crippen LogP contribution >= 0.6 is 23.1 Å². The van der Waals surface area contributed by atoms with Crippen LogP contribution in [0.2, 0.25) is 0 Å². The maximum absolute atomic E-state index is 13.0. The van der Waals surface area contributed by atoms with Crippen molar-refractivity contribution in [1.29, 1.82) is 0 Å². The van der Waals surface area contributed by atoms with Crippen LogP contribution in [0.25, 0.3) is 5.57 Å². The predicted molar refractivity (Wildman–Crippen MR) is 106 cm³/mol. The van der Waals surface area contributed by atoms with Gasteiger partial charge >= 0.3 is 35.5 Å². The topological polar surface area (TPSA) is 132 Å². The van der Waals surface area contributed by atoms with Crippen molar-refractivity contribution in [2.45, 2.75) is 37.1 Å². The van der Waals surface area contributed by atoms with E-state index in [4.69, 9.17) is 5.73 Å². The molecule has 1 saturated heterocycles. The predicted octanol–water partition coefficient (Wildman–Crippen LogP) is -1.69. The van der Waals surface area contributed by atoms with Gasteiger partial charge in [0.2, 0.25) is 0 Å². The summed E-state index contributed by atoms with van der Waals surface area (Å²) in [6.45, 7) is 0. The Morgan fingerprint density at radius 2 is 2.14 bits per heavy atom. The number of nitrogens with zero attached hydrogens (tertiary/aromatic N) is 3. The molecule has 1 aliphatic carbocycles. The Morgan fingerprint density at radius 1 is 1.41 bits per heavy atom. The standard InChI is InChI=1S/C18H20N4O4S2.Na/c19-18-20-11(8-28-18)10(7-9-3-1-2-4-9)14(23)21-13-15(24)22-12(17(25)26)5-6-27-16(13)22;/h5,7-9,13,16H,1-4,6H2,(H2,19,20)(H,21,23)(H,25,26);/q;+1/p-1/b10-7-;/t13-,16-;/m1./s1. The number of carboxylic acid groups (broad SMARTS) is 1. The van der Waals surface area contributed by atoms with E-state index in [9.17, 15) is 19.8 Å². The van der Waals surface area contributed by atoms with Crippen LogP contribution in [-0.4, -0.2) is 49.9 Å². The van der Waals surface area contributed by atoms with Crippen LogP contribution < -0.4 is 40.4 Å². The molecule has 3 aliphatic rings. The summed E-state index contributed by atoms with van der Waals surface area (Å²) in [4.78, 5) is 33.4. The number of hydrogen-bond donors (Lipinski definition) is 2. The number of carbonyl (C=O) groups excluding carboxylic acids is 1. The number of aromatic nitrogens is 1. The molecule has 148 valence electrons. The number of carboxylic acids is 1. The molecule has 0 unspecified atom stereocenters. The zero-order chi connectivity index (χ0) is 19.8. The Hall–Kier alpha value is -1.33. The van der Waals surface area contributed by atoms with Crippen LogP contribution in [0.3, 0.4) is 0 Å². The van der Waals surface area contributed by atoms with Crippen LogP contribution in [0.15, 0.2) is 28.2 Å². The molecule has 2 fully saturated rings. The molecule has 1 saturated carbocycles. The summed E-state index contributed by atoms with van der Waals surface area (Å²) in [6.07, 6.45) is 7.68. The molecule has 1 aromatic heterocycles. The second-order valence-electron chi connectivity index (χ2n) is 6.90. The van der Waals surface area contributed by atoms with E-state index in [1.165, 1.54) is 34.1 Å². The van der Waals surface area contributed by atoms with E-state index in [-0.39, 0.29) is 41.2 Å². The van der Waals surface area contributed by atoms with Crippen molar-refractivity contribution < 1.29 is 49.4 Å². The van der Waals surface area contributed by atoms with E-state index in [0.717, 1.165) is 25.7 Å². The van der Waals surface area contributed by atoms with Gasteiger partial charge in [0, 0.05) is 16.7 Å². The second kappa shape index (κ2) is 9.22. The van der Waals surface area contributed by atoms with Crippen molar-refractivity contribution in [3.8, 4) is 0 Å². The number of aliphatic carboxylic acids is 1. The number of nitrogens with two attached hydrogens (primary N) is 1. The van der Waals surface area contributed by atoms with Gasteiger partial charge in [0.15, 0.2) is 11.2 Å². The van der Waals surface area contributed by atoms with Gasteiger partial charge in [0.05, 0.1) is 5.69 Å². The van der Waals surface area contributed by atoms with Crippen molar-refractivity contribution in [2.24, 2.45) is 10.9 Å². The van der Waals surface area contributed by atoms with Crippen LogP contribution in [-0.2, 0) is 9.59 Å². The first-order valence-corrected chi connectivity index (χ1v) is 10.9. The summed E-state index contributed by atoms with van der Waals surface area (Å²) in [5, 5.41) is 23.8. The number of hydrogen-bond acceptors (Lipinski definition) is 8. The van der Waals surface area contributed by atoms with Gasteiger partial charge in [-0.2, -0.15) is 0 Å². The molecular weight excluding hydrogens is 423 g/mol. The monoisotopic (exact) mass is 442 g/mol. The van der Waals surface area contributed by atoms with Gasteiger partial charge in [-0.1, -0.05) is 18.9 Å². The molecule has 8 nitrogen and oxygen atoms in total. The van der Waals surface area contributed by atoms with Crippen LogP contribution in [0.1, 0.15) is 31.4 Å². The molecule has 4 rings (SSSR count). The first kappa shape index (κ1) is 22.4. The zero-order valence-electron chi connectivity index (χ0n) is 15.9. The number of rotatable bonds is 5. The smallest absolute Gasteiger partial charge is 0.858 e. The molecule has 3 N–H and O–H groups in total. The van der Waals surface area contributed by atoms with Gasteiger partial charge in [0.25, 0.3) is 5.91 Å². The molecule has 0 bridgehead atoms. The minimum atomic E-state index is -1.15. The molecule has 29 heavy (non-hydrogen) atoms. The average Bonchev–Trinajstić information content (AvgIpc) is 3.34. The Labute approximate surface area is 198 Å². The van der Waals surface area contributed by atoms with Gasteiger partial charge in [-0.25, -0.2) is 9.78 Å². The number of nitrogen functional groups attached to an aromatic ring is 1. The first-order chi connectivity index (χ1) is 13.5. The molecule has 3 heterocycles. The van der Waals surface area contributed by atoms with Crippen molar-refractivity contribution in [3.63, 3.8) is 0 Å². The number of amides is 1. The third-order valence-electron chi connectivity index (χ3n) is 5.12. The number of aliphatic imine (C=N–C) groups is 1. The fourth-order valence-corrected chi connectivity index (χ4v) is 5.48. The average molecular weight is 442 g/mol. The minimum Gasteiger partial charge on any atom is -0.858 e. The van der Waals surface area contributed by atoms with Crippen LogP contribution in [0.4, 0.5) is 5.13 Å². The fourth-order valence-electron chi connectivity index (χ4n) is 3.74. The van der Waals surface area contributed by atoms with Crippen molar-refractivity contribution in [3.05, 3.63) is 28.9 Å². The summed E-state index contributed by atoms with van der Waals surface area (Å²) in [5.41, 5.74) is 6.55.